The largest absolute Gasteiger partial charge is 0.303 e. The SMILES string of the molecule is O=C(Nc1ccccn1)c1[nH]c(Cc2cccnc2)[n+]2ccccc12. The minimum atomic E-state index is -0.222. The molecule has 0 fully saturated rings. The van der Waals surface area contributed by atoms with Gasteiger partial charge in [-0.2, -0.15) is 4.40 Å². The zero-order chi connectivity index (χ0) is 17.1. The topological polar surface area (TPSA) is 74.8 Å². The number of hydrogen-bond donors (Lipinski definition) is 2. The summed E-state index contributed by atoms with van der Waals surface area (Å²) in [6.45, 7) is 0. The summed E-state index contributed by atoms with van der Waals surface area (Å²) in [6.07, 6.45) is 7.80. The van der Waals surface area contributed by atoms with Crippen molar-refractivity contribution in [2.75, 3.05) is 5.32 Å². The van der Waals surface area contributed by atoms with Gasteiger partial charge in [-0.3, -0.25) is 9.78 Å². The highest BCUT2D eigenvalue weighted by Crippen LogP contribution is 2.12. The van der Waals surface area contributed by atoms with Crippen LogP contribution in [0.5, 0.6) is 0 Å². The van der Waals surface area contributed by atoms with E-state index in [1.807, 2.05) is 59.3 Å². The van der Waals surface area contributed by atoms with Crippen molar-refractivity contribution in [3.8, 4) is 0 Å². The molecule has 0 aliphatic carbocycles. The fourth-order valence-corrected chi connectivity index (χ4v) is 2.76. The lowest BCUT2D eigenvalue weighted by Gasteiger charge is -1.99. The second-order valence-electron chi connectivity index (χ2n) is 5.61. The smallest absolute Gasteiger partial charge is 0.301 e. The normalized spacial score (nSPS) is 10.7. The molecule has 0 spiro atoms. The highest BCUT2D eigenvalue weighted by atomic mass is 16.2. The molecule has 0 saturated heterocycles. The Hall–Kier alpha value is -3.54. The van der Waals surface area contributed by atoms with Gasteiger partial charge in [-0.1, -0.05) is 18.2 Å². The van der Waals surface area contributed by atoms with Gasteiger partial charge in [-0.15, -0.1) is 0 Å². The van der Waals surface area contributed by atoms with Crippen LogP contribution in [0, 0.1) is 0 Å². The van der Waals surface area contributed by atoms with E-state index in [0.717, 1.165) is 16.9 Å². The molecule has 1 amide bonds. The van der Waals surface area contributed by atoms with Crippen LogP contribution in [0.15, 0.2) is 73.3 Å². The number of rotatable bonds is 4. The lowest BCUT2D eigenvalue weighted by molar-refractivity contribution is -0.520. The summed E-state index contributed by atoms with van der Waals surface area (Å²) in [6, 6.07) is 15.1. The summed E-state index contributed by atoms with van der Waals surface area (Å²) in [4.78, 5) is 24.2. The van der Waals surface area contributed by atoms with E-state index in [-0.39, 0.29) is 5.91 Å². The van der Waals surface area contributed by atoms with Crippen molar-refractivity contribution >= 4 is 17.2 Å². The van der Waals surface area contributed by atoms with Crippen molar-refractivity contribution in [2.24, 2.45) is 0 Å². The van der Waals surface area contributed by atoms with Crippen LogP contribution in [-0.2, 0) is 6.42 Å². The molecule has 0 unspecified atom stereocenters. The van der Waals surface area contributed by atoms with Crippen LogP contribution in [0.1, 0.15) is 21.9 Å². The molecule has 6 heteroatoms. The quantitative estimate of drug-likeness (QED) is 0.564. The first-order valence-corrected chi connectivity index (χ1v) is 7.94. The molecular weight excluding hydrogens is 314 g/mol. The standard InChI is InChI=1S/C19H15N5O/c25-19(22-16-8-1-3-10-21-16)18-15-7-2-4-11-24(15)17(23-18)12-14-6-5-9-20-13-14/h1-11,13H,12H2,(H,21,22,25)/p+1. The molecule has 25 heavy (non-hydrogen) atoms. The fraction of sp³-hybridized carbons (Fsp3) is 0.0526. The van der Waals surface area contributed by atoms with Gasteiger partial charge in [0.25, 0.3) is 5.82 Å². The van der Waals surface area contributed by atoms with Crippen LogP contribution < -0.4 is 9.72 Å². The Morgan fingerprint density at radius 3 is 2.80 bits per heavy atom. The highest BCUT2D eigenvalue weighted by molar-refractivity contribution is 6.06. The van der Waals surface area contributed by atoms with Crippen molar-refractivity contribution in [1.29, 1.82) is 0 Å². The summed E-state index contributed by atoms with van der Waals surface area (Å²) in [5, 5.41) is 2.82. The van der Waals surface area contributed by atoms with E-state index in [4.69, 9.17) is 0 Å². The average molecular weight is 330 g/mol. The van der Waals surface area contributed by atoms with Gasteiger partial charge in [-0.05, 0) is 35.9 Å². The van der Waals surface area contributed by atoms with E-state index in [0.29, 0.717) is 17.9 Å². The van der Waals surface area contributed by atoms with Crippen LogP contribution in [0.25, 0.3) is 5.52 Å². The molecule has 4 heterocycles. The number of nitrogens with zero attached hydrogens (tertiary/aromatic N) is 3. The maximum atomic E-state index is 12.7. The second-order valence-corrected chi connectivity index (χ2v) is 5.61. The molecule has 0 aromatic carbocycles. The number of imidazole rings is 1. The molecule has 2 N–H and O–H groups in total. The lowest BCUT2D eigenvalue weighted by atomic mass is 10.2. The summed E-state index contributed by atoms with van der Waals surface area (Å²) in [5.74, 6) is 1.21. The number of carbonyl (C=O) groups is 1. The summed E-state index contributed by atoms with van der Waals surface area (Å²) in [5.41, 5.74) is 2.39. The van der Waals surface area contributed by atoms with Crippen molar-refractivity contribution in [1.82, 2.24) is 15.0 Å². The number of hydrogen-bond acceptors (Lipinski definition) is 3. The Morgan fingerprint density at radius 1 is 1.08 bits per heavy atom. The van der Waals surface area contributed by atoms with Gasteiger partial charge in [0.1, 0.15) is 5.82 Å². The number of aromatic amines is 1. The van der Waals surface area contributed by atoms with Crippen LogP contribution in [0.4, 0.5) is 5.82 Å². The van der Waals surface area contributed by atoms with Crippen LogP contribution in [0.2, 0.25) is 0 Å². The Morgan fingerprint density at radius 2 is 2.00 bits per heavy atom. The Bertz CT molecular complexity index is 1010. The number of amides is 1. The fourth-order valence-electron chi connectivity index (χ4n) is 2.76. The van der Waals surface area contributed by atoms with E-state index < -0.39 is 0 Å². The number of aromatic nitrogens is 4. The Kier molecular flexibility index (Phi) is 3.92. The molecular formula is C19H16N5O+. The van der Waals surface area contributed by atoms with Gasteiger partial charge in [0.05, 0.1) is 12.6 Å². The van der Waals surface area contributed by atoms with Crippen molar-refractivity contribution < 1.29 is 9.20 Å². The van der Waals surface area contributed by atoms with E-state index in [2.05, 4.69) is 20.3 Å². The van der Waals surface area contributed by atoms with Crippen molar-refractivity contribution in [2.45, 2.75) is 6.42 Å². The molecule has 4 rings (SSSR count). The van der Waals surface area contributed by atoms with Gasteiger partial charge in [0.2, 0.25) is 5.69 Å². The molecule has 0 atom stereocenters. The number of carbonyl (C=O) groups excluding carboxylic acids is 1. The van der Waals surface area contributed by atoms with Gasteiger partial charge in [0, 0.05) is 18.6 Å². The Balaban J connectivity index is 1.71. The summed E-state index contributed by atoms with van der Waals surface area (Å²) < 4.78 is 1.99. The van der Waals surface area contributed by atoms with Crippen LogP contribution in [0.3, 0.4) is 0 Å². The van der Waals surface area contributed by atoms with E-state index in [1.165, 1.54) is 0 Å². The zero-order valence-corrected chi connectivity index (χ0v) is 13.4. The molecule has 122 valence electrons. The molecule has 4 aromatic heterocycles. The average Bonchev–Trinajstić information content (AvgIpc) is 3.02. The highest BCUT2D eigenvalue weighted by Gasteiger charge is 2.24. The van der Waals surface area contributed by atoms with Crippen LogP contribution >= 0.6 is 0 Å². The zero-order valence-electron chi connectivity index (χ0n) is 13.4. The number of fused-ring (bicyclic) bond motifs is 1. The maximum absolute atomic E-state index is 12.7. The first kappa shape index (κ1) is 15.0. The number of H-pyrrole nitrogens is 1. The molecule has 6 nitrogen and oxygen atoms in total. The third-order valence-electron chi connectivity index (χ3n) is 3.90. The molecule has 4 aromatic rings. The third kappa shape index (κ3) is 3.10. The van der Waals surface area contributed by atoms with E-state index in [1.54, 1.807) is 18.5 Å². The first-order valence-electron chi connectivity index (χ1n) is 7.94. The van der Waals surface area contributed by atoms with Gasteiger partial charge in [-0.25, -0.2) is 9.97 Å². The van der Waals surface area contributed by atoms with E-state index >= 15 is 0 Å². The molecule has 0 bridgehead atoms. The predicted octanol–water partition coefficient (Wildman–Crippen LogP) is 2.39. The number of pyridine rings is 3. The molecule has 0 aliphatic rings. The van der Waals surface area contributed by atoms with Crippen LogP contribution in [-0.4, -0.2) is 20.9 Å². The second kappa shape index (κ2) is 6.52. The Labute approximate surface area is 144 Å². The van der Waals surface area contributed by atoms with Gasteiger partial charge in [0.15, 0.2) is 5.52 Å². The van der Waals surface area contributed by atoms with Gasteiger partial charge < -0.3 is 5.32 Å². The summed E-state index contributed by atoms with van der Waals surface area (Å²) in [7, 11) is 0. The minimum Gasteiger partial charge on any atom is -0.303 e. The lowest BCUT2D eigenvalue weighted by Crippen LogP contribution is -2.24. The maximum Gasteiger partial charge on any atom is 0.301 e. The summed E-state index contributed by atoms with van der Waals surface area (Å²) >= 11 is 0. The third-order valence-corrected chi connectivity index (χ3v) is 3.90. The van der Waals surface area contributed by atoms with E-state index in [9.17, 15) is 4.79 Å². The number of anilines is 1. The predicted molar refractivity (Wildman–Crippen MR) is 93.2 cm³/mol. The molecule has 0 aliphatic heterocycles. The monoisotopic (exact) mass is 330 g/mol. The number of nitrogens with one attached hydrogen (secondary N) is 2. The first-order chi connectivity index (χ1) is 12.3. The van der Waals surface area contributed by atoms with Crippen molar-refractivity contribution in [3.63, 3.8) is 0 Å². The molecule has 0 saturated carbocycles. The molecule has 0 radical (unpaired) electrons. The van der Waals surface area contributed by atoms with Crippen molar-refractivity contribution in [3.05, 3.63) is 90.4 Å². The minimum absolute atomic E-state index is 0.222. The van der Waals surface area contributed by atoms with Gasteiger partial charge >= 0.3 is 5.91 Å².